The van der Waals surface area contributed by atoms with Gasteiger partial charge in [-0.25, -0.2) is 4.79 Å². The number of methoxy groups -OCH3 is 2. The predicted molar refractivity (Wildman–Crippen MR) is 126 cm³/mol. The number of anilines is 2. The van der Waals surface area contributed by atoms with E-state index >= 15 is 0 Å². The summed E-state index contributed by atoms with van der Waals surface area (Å²) < 4.78 is 10.2. The van der Waals surface area contributed by atoms with Gasteiger partial charge in [0.25, 0.3) is 5.91 Å². The van der Waals surface area contributed by atoms with Crippen LogP contribution < -0.4 is 15.0 Å². The Labute approximate surface area is 195 Å². The molecule has 1 N–H and O–H groups in total. The fourth-order valence-electron chi connectivity index (χ4n) is 3.57. The van der Waals surface area contributed by atoms with Crippen LogP contribution in [-0.2, 0) is 9.53 Å². The van der Waals surface area contributed by atoms with Gasteiger partial charge in [-0.3, -0.25) is 14.5 Å². The fraction of sp³-hybridized carbons (Fsp3) is 0.160. The van der Waals surface area contributed by atoms with E-state index < -0.39 is 11.9 Å². The molecular formula is C25H22N2O5S. The molecule has 3 aromatic carbocycles. The lowest BCUT2D eigenvalue weighted by atomic mass is 10.1. The van der Waals surface area contributed by atoms with Crippen LogP contribution in [0.2, 0.25) is 0 Å². The standard InChI is InChI=1S/C25H22N2O5S/c1-15-8-10-20(31-2)18(12-15)26-23(28)14-27-19-13-16(25(30)32-3)9-11-22(19)33-21-7-5-4-6-17(21)24(27)29/h4-13H,14H2,1-3H3,(H,26,28). The van der Waals surface area contributed by atoms with E-state index in [2.05, 4.69) is 5.32 Å². The number of esters is 1. The van der Waals surface area contributed by atoms with Crippen molar-refractivity contribution in [2.24, 2.45) is 0 Å². The number of benzene rings is 3. The lowest BCUT2D eigenvalue weighted by Crippen LogP contribution is -2.38. The number of ether oxygens (including phenoxy) is 2. The molecule has 0 spiro atoms. The zero-order valence-electron chi connectivity index (χ0n) is 18.4. The highest BCUT2D eigenvalue weighted by molar-refractivity contribution is 7.99. The molecule has 0 aliphatic carbocycles. The Kier molecular flexibility index (Phi) is 6.37. The van der Waals surface area contributed by atoms with Gasteiger partial charge in [-0.15, -0.1) is 0 Å². The normalized spacial score (nSPS) is 12.3. The summed E-state index contributed by atoms with van der Waals surface area (Å²) in [7, 11) is 2.82. The van der Waals surface area contributed by atoms with Crippen molar-refractivity contribution >= 4 is 40.9 Å². The average Bonchev–Trinajstić information content (AvgIpc) is 2.93. The molecule has 0 saturated carbocycles. The van der Waals surface area contributed by atoms with Crippen molar-refractivity contribution in [1.29, 1.82) is 0 Å². The quantitative estimate of drug-likeness (QED) is 0.561. The number of hydrogen-bond donors (Lipinski definition) is 1. The van der Waals surface area contributed by atoms with E-state index in [0.717, 1.165) is 15.4 Å². The first-order valence-corrected chi connectivity index (χ1v) is 11.0. The third kappa shape index (κ3) is 4.56. The van der Waals surface area contributed by atoms with Gasteiger partial charge in [0, 0.05) is 9.79 Å². The zero-order valence-corrected chi connectivity index (χ0v) is 19.2. The fourth-order valence-corrected chi connectivity index (χ4v) is 4.63. The van der Waals surface area contributed by atoms with Crippen molar-refractivity contribution in [2.45, 2.75) is 16.7 Å². The van der Waals surface area contributed by atoms with Crippen LogP contribution in [-0.4, -0.2) is 38.5 Å². The number of hydrogen-bond acceptors (Lipinski definition) is 6. The minimum Gasteiger partial charge on any atom is -0.495 e. The Morgan fingerprint density at radius 2 is 1.79 bits per heavy atom. The van der Waals surface area contributed by atoms with Gasteiger partial charge >= 0.3 is 5.97 Å². The molecule has 33 heavy (non-hydrogen) atoms. The van der Waals surface area contributed by atoms with Gasteiger partial charge in [0.2, 0.25) is 5.91 Å². The van der Waals surface area contributed by atoms with Crippen LogP contribution in [0.3, 0.4) is 0 Å². The molecule has 0 aromatic heterocycles. The van der Waals surface area contributed by atoms with Crippen molar-refractivity contribution in [2.75, 3.05) is 31.0 Å². The molecule has 8 heteroatoms. The molecule has 3 aromatic rings. The Morgan fingerprint density at radius 1 is 1.00 bits per heavy atom. The Balaban J connectivity index is 1.73. The highest BCUT2D eigenvalue weighted by atomic mass is 32.2. The molecule has 0 radical (unpaired) electrons. The summed E-state index contributed by atoms with van der Waals surface area (Å²) >= 11 is 1.41. The number of amides is 2. The third-order valence-corrected chi connectivity index (χ3v) is 6.33. The molecule has 0 saturated heterocycles. The zero-order chi connectivity index (χ0) is 23.5. The third-order valence-electron chi connectivity index (χ3n) is 5.18. The van der Waals surface area contributed by atoms with Crippen molar-refractivity contribution in [3.63, 3.8) is 0 Å². The number of aryl methyl sites for hydroxylation is 1. The maximum Gasteiger partial charge on any atom is 0.337 e. The first-order valence-electron chi connectivity index (χ1n) is 10.2. The second-order valence-electron chi connectivity index (χ2n) is 7.42. The summed E-state index contributed by atoms with van der Waals surface area (Å²) in [6.07, 6.45) is 0. The molecule has 2 amide bonds. The molecule has 0 fully saturated rings. The second-order valence-corrected chi connectivity index (χ2v) is 8.50. The van der Waals surface area contributed by atoms with Crippen LogP contribution in [0.15, 0.2) is 70.5 Å². The van der Waals surface area contributed by atoms with E-state index in [1.165, 1.54) is 30.9 Å². The van der Waals surface area contributed by atoms with Gasteiger partial charge in [-0.05, 0) is 55.0 Å². The van der Waals surface area contributed by atoms with Crippen molar-refractivity contribution in [1.82, 2.24) is 0 Å². The lowest BCUT2D eigenvalue weighted by Gasteiger charge is -2.23. The molecular weight excluding hydrogens is 440 g/mol. The summed E-state index contributed by atoms with van der Waals surface area (Å²) in [6, 6.07) is 17.7. The lowest BCUT2D eigenvalue weighted by molar-refractivity contribution is -0.114. The van der Waals surface area contributed by atoms with Crippen molar-refractivity contribution < 1.29 is 23.9 Å². The minimum absolute atomic E-state index is 0.248. The highest BCUT2D eigenvalue weighted by Gasteiger charge is 2.30. The maximum atomic E-state index is 13.5. The Bertz CT molecular complexity index is 1260. The smallest absolute Gasteiger partial charge is 0.337 e. The summed E-state index contributed by atoms with van der Waals surface area (Å²) in [6.45, 7) is 1.66. The van der Waals surface area contributed by atoms with Crippen LogP contribution in [0.1, 0.15) is 26.3 Å². The van der Waals surface area contributed by atoms with E-state index in [4.69, 9.17) is 9.47 Å². The summed E-state index contributed by atoms with van der Waals surface area (Å²) in [4.78, 5) is 41.6. The largest absolute Gasteiger partial charge is 0.495 e. The molecule has 4 rings (SSSR count). The molecule has 0 bridgehead atoms. The van der Waals surface area contributed by atoms with Gasteiger partial charge < -0.3 is 14.8 Å². The van der Waals surface area contributed by atoms with Crippen LogP contribution >= 0.6 is 11.8 Å². The van der Waals surface area contributed by atoms with Gasteiger partial charge in [-0.1, -0.05) is 30.0 Å². The average molecular weight is 463 g/mol. The maximum absolute atomic E-state index is 13.5. The number of nitrogens with zero attached hydrogens (tertiary/aromatic N) is 1. The highest BCUT2D eigenvalue weighted by Crippen LogP contribution is 2.41. The molecule has 1 heterocycles. The Hall–Kier alpha value is -3.78. The van der Waals surface area contributed by atoms with E-state index in [1.807, 2.05) is 25.1 Å². The second kappa shape index (κ2) is 9.38. The molecule has 0 unspecified atom stereocenters. The molecule has 1 aliphatic rings. The summed E-state index contributed by atoms with van der Waals surface area (Å²) in [5, 5.41) is 2.84. The number of fused-ring (bicyclic) bond motifs is 2. The van der Waals surface area contributed by atoms with Crippen molar-refractivity contribution in [3.8, 4) is 5.75 Å². The summed E-state index contributed by atoms with van der Waals surface area (Å²) in [5.41, 5.74) is 2.72. The van der Waals surface area contributed by atoms with Gasteiger partial charge in [0.1, 0.15) is 12.3 Å². The molecule has 168 valence electrons. The van der Waals surface area contributed by atoms with Crippen molar-refractivity contribution in [3.05, 3.63) is 77.4 Å². The van der Waals surface area contributed by atoms with Gasteiger partial charge in [0.05, 0.1) is 36.7 Å². The van der Waals surface area contributed by atoms with Crippen LogP contribution in [0.5, 0.6) is 5.75 Å². The van der Waals surface area contributed by atoms with Crippen LogP contribution in [0, 0.1) is 6.92 Å². The number of carbonyl (C=O) groups is 3. The van der Waals surface area contributed by atoms with Crippen LogP contribution in [0.25, 0.3) is 0 Å². The number of nitrogens with one attached hydrogen (secondary N) is 1. The van der Waals surface area contributed by atoms with E-state index in [1.54, 1.807) is 42.5 Å². The Morgan fingerprint density at radius 3 is 2.55 bits per heavy atom. The SMILES string of the molecule is COC(=O)c1ccc2c(c1)N(CC(=O)Nc1cc(C)ccc1OC)C(=O)c1ccccc1S2. The molecule has 0 atom stereocenters. The molecule has 7 nitrogen and oxygen atoms in total. The van der Waals surface area contributed by atoms with E-state index in [-0.39, 0.29) is 12.5 Å². The van der Waals surface area contributed by atoms with E-state index in [0.29, 0.717) is 28.3 Å². The van der Waals surface area contributed by atoms with E-state index in [9.17, 15) is 14.4 Å². The first kappa shape index (κ1) is 22.4. The first-order chi connectivity index (χ1) is 15.9. The monoisotopic (exact) mass is 462 g/mol. The topological polar surface area (TPSA) is 84.9 Å². The van der Waals surface area contributed by atoms with Gasteiger partial charge in [0.15, 0.2) is 0 Å². The van der Waals surface area contributed by atoms with Gasteiger partial charge in [-0.2, -0.15) is 0 Å². The number of carbonyl (C=O) groups excluding carboxylic acids is 3. The minimum atomic E-state index is -0.522. The predicted octanol–water partition coefficient (Wildman–Crippen LogP) is 4.54. The summed E-state index contributed by atoms with van der Waals surface area (Å²) in [5.74, 6) is -0.729. The molecule has 1 aliphatic heterocycles. The number of rotatable bonds is 5. The van der Waals surface area contributed by atoms with Crippen LogP contribution in [0.4, 0.5) is 11.4 Å².